The largest absolute Gasteiger partial charge is 0.481 e. The maximum absolute atomic E-state index is 11.7. The van der Waals surface area contributed by atoms with E-state index in [1.807, 2.05) is 13.8 Å². The molecule has 0 bridgehead atoms. The van der Waals surface area contributed by atoms with Gasteiger partial charge in [0.1, 0.15) is 5.60 Å². The van der Waals surface area contributed by atoms with Gasteiger partial charge in [0, 0.05) is 10.7 Å². The fourth-order valence-corrected chi connectivity index (χ4v) is 2.35. The van der Waals surface area contributed by atoms with Crippen LogP contribution in [0.1, 0.15) is 46.1 Å². The third-order valence-electron chi connectivity index (χ3n) is 2.91. The monoisotopic (exact) mass is 327 g/mol. The molecule has 1 amide bonds. The summed E-state index contributed by atoms with van der Waals surface area (Å²) < 4.78 is 5.15. The maximum atomic E-state index is 11.7. The molecular weight excluding hydrogens is 306 g/mol. The fourth-order valence-electron chi connectivity index (χ4n) is 2.06. The Balaban J connectivity index is 2.94. The summed E-state index contributed by atoms with van der Waals surface area (Å²) >= 11 is 6.17. The Morgan fingerprint density at radius 3 is 2.27 bits per heavy atom. The topological polar surface area (TPSA) is 75.6 Å². The molecule has 6 heteroatoms. The van der Waals surface area contributed by atoms with E-state index in [0.29, 0.717) is 16.3 Å². The Bertz CT molecular complexity index is 564. The first-order valence-electron chi connectivity index (χ1n) is 7.03. The van der Waals surface area contributed by atoms with Crippen LogP contribution in [0.2, 0.25) is 5.02 Å². The minimum absolute atomic E-state index is 0.0975. The summed E-state index contributed by atoms with van der Waals surface area (Å²) in [6.45, 7) is 8.94. The minimum Gasteiger partial charge on any atom is -0.481 e. The van der Waals surface area contributed by atoms with Crippen molar-refractivity contribution in [2.45, 2.75) is 46.1 Å². The predicted octanol–water partition coefficient (Wildman–Crippen LogP) is 4.51. The van der Waals surface area contributed by atoms with Gasteiger partial charge in [0.25, 0.3) is 0 Å². The first-order chi connectivity index (χ1) is 10.0. The number of benzene rings is 1. The van der Waals surface area contributed by atoms with E-state index < -0.39 is 23.6 Å². The van der Waals surface area contributed by atoms with Gasteiger partial charge in [-0.1, -0.05) is 31.5 Å². The predicted molar refractivity (Wildman–Crippen MR) is 86.5 cm³/mol. The molecule has 1 aromatic rings. The number of carboxylic acids is 1. The summed E-state index contributed by atoms with van der Waals surface area (Å²) in [5.74, 6) is -1.72. The van der Waals surface area contributed by atoms with Gasteiger partial charge < -0.3 is 9.84 Å². The molecule has 22 heavy (non-hydrogen) atoms. The van der Waals surface area contributed by atoms with Gasteiger partial charge in [-0.15, -0.1) is 0 Å². The van der Waals surface area contributed by atoms with Crippen LogP contribution in [0.3, 0.4) is 0 Å². The average molecular weight is 328 g/mol. The molecule has 0 saturated carbocycles. The zero-order valence-electron chi connectivity index (χ0n) is 13.4. The van der Waals surface area contributed by atoms with E-state index in [0.717, 1.165) is 0 Å². The Labute approximate surface area is 135 Å². The summed E-state index contributed by atoms with van der Waals surface area (Å²) in [6.07, 6.45) is -0.588. The molecule has 0 aliphatic heterocycles. The number of aliphatic carboxylic acids is 1. The highest BCUT2D eigenvalue weighted by Crippen LogP contribution is 2.32. The Morgan fingerprint density at radius 1 is 1.27 bits per heavy atom. The molecule has 0 radical (unpaired) electrons. The number of amides is 1. The van der Waals surface area contributed by atoms with Gasteiger partial charge in [0.15, 0.2) is 0 Å². The first-order valence-corrected chi connectivity index (χ1v) is 7.41. The molecule has 0 aliphatic carbocycles. The second-order valence-electron chi connectivity index (χ2n) is 6.42. The van der Waals surface area contributed by atoms with Crippen LogP contribution in [0, 0.1) is 5.92 Å². The number of carboxylic acid groups (broad SMARTS) is 1. The summed E-state index contributed by atoms with van der Waals surface area (Å²) in [5, 5.41) is 12.2. The summed E-state index contributed by atoms with van der Waals surface area (Å²) in [5.41, 5.74) is 0.384. The van der Waals surface area contributed by atoms with Gasteiger partial charge in [-0.25, -0.2) is 4.79 Å². The summed E-state index contributed by atoms with van der Waals surface area (Å²) in [4.78, 5) is 23.1. The summed E-state index contributed by atoms with van der Waals surface area (Å²) in [7, 11) is 0. The fraction of sp³-hybridized carbons (Fsp3) is 0.500. The van der Waals surface area contributed by atoms with Crippen molar-refractivity contribution in [3.05, 3.63) is 28.8 Å². The van der Waals surface area contributed by atoms with Gasteiger partial charge in [-0.3, -0.25) is 10.1 Å². The van der Waals surface area contributed by atoms with E-state index in [4.69, 9.17) is 16.3 Å². The van der Waals surface area contributed by atoms with Crippen LogP contribution >= 0.6 is 11.6 Å². The zero-order chi connectivity index (χ0) is 17.1. The lowest BCUT2D eigenvalue weighted by Gasteiger charge is -2.21. The summed E-state index contributed by atoms with van der Waals surface area (Å²) in [6, 6.07) is 4.76. The molecule has 1 unspecified atom stereocenters. The maximum Gasteiger partial charge on any atom is 0.412 e. The zero-order valence-corrected chi connectivity index (χ0v) is 14.2. The number of rotatable bonds is 4. The van der Waals surface area contributed by atoms with Crippen molar-refractivity contribution in [3.8, 4) is 0 Å². The van der Waals surface area contributed by atoms with Gasteiger partial charge in [-0.2, -0.15) is 0 Å². The number of hydrogen-bond acceptors (Lipinski definition) is 3. The molecular formula is C16H22ClNO4. The quantitative estimate of drug-likeness (QED) is 0.853. The molecule has 0 heterocycles. The third kappa shape index (κ3) is 5.22. The van der Waals surface area contributed by atoms with Crippen LogP contribution in [0.25, 0.3) is 0 Å². The van der Waals surface area contributed by atoms with Gasteiger partial charge >= 0.3 is 12.1 Å². The Hall–Kier alpha value is -1.75. The molecule has 1 atom stereocenters. The van der Waals surface area contributed by atoms with E-state index in [1.165, 1.54) is 6.07 Å². The van der Waals surface area contributed by atoms with Gasteiger partial charge in [0.2, 0.25) is 0 Å². The lowest BCUT2D eigenvalue weighted by Crippen LogP contribution is -2.27. The van der Waals surface area contributed by atoms with Crippen molar-refractivity contribution in [2.75, 3.05) is 5.32 Å². The first kappa shape index (κ1) is 18.3. The van der Waals surface area contributed by atoms with Crippen LogP contribution < -0.4 is 5.32 Å². The standard InChI is InChI=1S/C16H22ClNO4/c1-9(2)13(14(19)20)11-7-6-10(8-12(11)17)18-15(21)22-16(3,4)5/h6-9,13H,1-5H3,(H,18,21)(H,19,20). The van der Waals surface area contributed by atoms with E-state index in [9.17, 15) is 14.7 Å². The number of anilines is 1. The van der Waals surface area contributed by atoms with E-state index in [2.05, 4.69) is 5.32 Å². The molecule has 1 aromatic carbocycles. The Kier molecular flexibility index (Phi) is 5.83. The van der Waals surface area contributed by atoms with Crippen molar-refractivity contribution in [2.24, 2.45) is 5.92 Å². The van der Waals surface area contributed by atoms with E-state index in [1.54, 1.807) is 32.9 Å². The van der Waals surface area contributed by atoms with Crippen LogP contribution in [-0.2, 0) is 9.53 Å². The Morgan fingerprint density at radius 2 is 1.86 bits per heavy atom. The molecule has 1 rings (SSSR count). The highest BCUT2D eigenvalue weighted by molar-refractivity contribution is 6.32. The number of carbonyl (C=O) groups excluding carboxylic acids is 1. The number of carbonyl (C=O) groups is 2. The number of hydrogen-bond donors (Lipinski definition) is 2. The molecule has 2 N–H and O–H groups in total. The smallest absolute Gasteiger partial charge is 0.412 e. The van der Waals surface area contributed by atoms with Crippen LogP contribution in [0.15, 0.2) is 18.2 Å². The number of nitrogens with one attached hydrogen (secondary N) is 1. The molecule has 0 aromatic heterocycles. The van der Waals surface area contributed by atoms with Crippen LogP contribution in [0.4, 0.5) is 10.5 Å². The van der Waals surface area contributed by atoms with Gasteiger partial charge in [0.05, 0.1) is 5.92 Å². The molecule has 0 fully saturated rings. The second kappa shape index (κ2) is 7.01. The van der Waals surface area contributed by atoms with Crippen LogP contribution in [0.5, 0.6) is 0 Å². The van der Waals surface area contributed by atoms with Crippen molar-refractivity contribution >= 4 is 29.4 Å². The van der Waals surface area contributed by atoms with Crippen molar-refractivity contribution in [3.63, 3.8) is 0 Å². The molecule has 0 spiro atoms. The second-order valence-corrected chi connectivity index (χ2v) is 6.83. The lowest BCUT2D eigenvalue weighted by molar-refractivity contribution is -0.139. The van der Waals surface area contributed by atoms with Crippen molar-refractivity contribution in [1.82, 2.24) is 0 Å². The highest BCUT2D eigenvalue weighted by atomic mass is 35.5. The van der Waals surface area contributed by atoms with Crippen molar-refractivity contribution in [1.29, 1.82) is 0 Å². The van der Waals surface area contributed by atoms with E-state index >= 15 is 0 Å². The van der Waals surface area contributed by atoms with Crippen molar-refractivity contribution < 1.29 is 19.4 Å². The minimum atomic E-state index is -0.926. The number of ether oxygens (including phenoxy) is 1. The normalized spacial score (nSPS) is 12.9. The lowest BCUT2D eigenvalue weighted by atomic mass is 9.88. The molecule has 5 nitrogen and oxygen atoms in total. The SMILES string of the molecule is CC(C)C(C(=O)O)c1ccc(NC(=O)OC(C)(C)C)cc1Cl. The van der Waals surface area contributed by atoms with Gasteiger partial charge in [-0.05, 0) is 44.4 Å². The number of halogens is 1. The highest BCUT2D eigenvalue weighted by Gasteiger charge is 2.26. The average Bonchev–Trinajstić information content (AvgIpc) is 2.28. The van der Waals surface area contributed by atoms with Crippen LogP contribution in [-0.4, -0.2) is 22.8 Å². The van der Waals surface area contributed by atoms with E-state index in [-0.39, 0.29) is 5.92 Å². The third-order valence-corrected chi connectivity index (χ3v) is 3.24. The molecule has 0 aliphatic rings. The molecule has 122 valence electrons. The molecule has 0 saturated heterocycles.